The van der Waals surface area contributed by atoms with Gasteiger partial charge in [0.2, 0.25) is 5.89 Å². The van der Waals surface area contributed by atoms with Crippen molar-refractivity contribution < 1.29 is 9.26 Å². The molecule has 3 heterocycles. The van der Waals surface area contributed by atoms with Gasteiger partial charge in [-0.25, -0.2) is 0 Å². The second-order valence-corrected chi connectivity index (χ2v) is 4.15. The van der Waals surface area contributed by atoms with Gasteiger partial charge in [0.1, 0.15) is 0 Å². The van der Waals surface area contributed by atoms with E-state index in [2.05, 4.69) is 15.5 Å². The molecule has 5 heteroatoms. The van der Waals surface area contributed by atoms with Gasteiger partial charge in [-0.15, -0.1) is 0 Å². The summed E-state index contributed by atoms with van der Waals surface area (Å²) in [7, 11) is 0. The molecule has 2 aliphatic rings. The average Bonchev–Trinajstić information content (AvgIpc) is 2.75. The predicted octanol–water partition coefficient (Wildman–Crippen LogP) is -0.135. The smallest absolute Gasteiger partial charge is 0.236 e. The van der Waals surface area contributed by atoms with Crippen LogP contribution < -0.4 is 5.32 Å². The second kappa shape index (κ2) is 2.77. The first kappa shape index (κ1) is 8.38. The van der Waals surface area contributed by atoms with Gasteiger partial charge in [-0.3, -0.25) is 0 Å². The summed E-state index contributed by atoms with van der Waals surface area (Å²) < 4.78 is 10.8. The maximum Gasteiger partial charge on any atom is 0.236 e. The number of fused-ring (bicyclic) bond motifs is 1. The Morgan fingerprint density at radius 3 is 3.29 bits per heavy atom. The van der Waals surface area contributed by atoms with E-state index in [0.717, 1.165) is 25.6 Å². The van der Waals surface area contributed by atoms with E-state index in [9.17, 15) is 0 Å². The Hall–Kier alpha value is -0.940. The maximum atomic E-state index is 5.51. The predicted molar refractivity (Wildman–Crippen MR) is 47.9 cm³/mol. The van der Waals surface area contributed by atoms with Gasteiger partial charge in [-0.1, -0.05) is 5.16 Å². The number of hydrogen-bond donors (Lipinski definition) is 1. The zero-order chi connectivity index (χ0) is 9.60. The third-order valence-electron chi connectivity index (χ3n) is 3.24. The number of aromatic nitrogens is 2. The fraction of sp³-hybridized carbons (Fsp3) is 0.778. The van der Waals surface area contributed by atoms with Gasteiger partial charge in [0.25, 0.3) is 0 Å². The van der Waals surface area contributed by atoms with Crippen molar-refractivity contribution in [3.8, 4) is 0 Å². The third kappa shape index (κ3) is 0.965. The lowest BCUT2D eigenvalue weighted by Gasteiger charge is -2.20. The van der Waals surface area contributed by atoms with E-state index in [4.69, 9.17) is 9.26 Å². The molecule has 2 atom stereocenters. The average molecular weight is 195 g/mol. The monoisotopic (exact) mass is 195 g/mol. The highest BCUT2D eigenvalue weighted by Gasteiger charge is 2.52. The lowest BCUT2D eigenvalue weighted by molar-refractivity contribution is 0.161. The molecule has 0 amide bonds. The van der Waals surface area contributed by atoms with Crippen LogP contribution in [0.1, 0.15) is 11.7 Å². The van der Waals surface area contributed by atoms with Gasteiger partial charge in [0.05, 0.1) is 18.6 Å². The minimum Gasteiger partial charge on any atom is -0.380 e. The van der Waals surface area contributed by atoms with Crippen molar-refractivity contribution in [3.05, 3.63) is 11.7 Å². The van der Waals surface area contributed by atoms with Crippen molar-refractivity contribution in [2.45, 2.75) is 12.3 Å². The summed E-state index contributed by atoms with van der Waals surface area (Å²) in [5, 5.41) is 7.21. The molecule has 2 aliphatic heterocycles. The minimum atomic E-state index is -0.0543. The van der Waals surface area contributed by atoms with Crippen LogP contribution in [0.15, 0.2) is 4.52 Å². The molecule has 76 valence electrons. The molecule has 0 aromatic carbocycles. The molecule has 1 aromatic heterocycles. The van der Waals surface area contributed by atoms with Crippen LogP contribution in [0.4, 0.5) is 0 Å². The number of aryl methyl sites for hydroxylation is 1. The van der Waals surface area contributed by atoms with Crippen LogP contribution in [0, 0.1) is 12.8 Å². The Labute approximate surface area is 81.8 Å². The molecule has 0 saturated carbocycles. The molecule has 2 fully saturated rings. The van der Waals surface area contributed by atoms with Crippen molar-refractivity contribution >= 4 is 0 Å². The summed E-state index contributed by atoms with van der Waals surface area (Å²) >= 11 is 0. The fourth-order valence-electron chi connectivity index (χ4n) is 2.39. The third-order valence-corrected chi connectivity index (χ3v) is 3.24. The minimum absolute atomic E-state index is 0.0543. The largest absolute Gasteiger partial charge is 0.380 e. The van der Waals surface area contributed by atoms with Gasteiger partial charge in [-0.2, -0.15) is 4.98 Å². The normalized spacial score (nSPS) is 36.2. The molecule has 1 N–H and O–H groups in total. The molecular weight excluding hydrogens is 182 g/mol. The molecule has 1 aromatic rings. The SMILES string of the molecule is Cc1noc([C@@]23CNC[C@@H]2COC3)n1. The number of nitrogens with one attached hydrogen (secondary N) is 1. The molecule has 0 spiro atoms. The Bertz CT molecular complexity index is 340. The second-order valence-electron chi connectivity index (χ2n) is 4.15. The van der Waals surface area contributed by atoms with Gasteiger partial charge in [0, 0.05) is 19.0 Å². The van der Waals surface area contributed by atoms with E-state index in [1.807, 2.05) is 6.92 Å². The molecule has 0 unspecified atom stereocenters. The molecule has 0 aliphatic carbocycles. The topological polar surface area (TPSA) is 60.2 Å². The van der Waals surface area contributed by atoms with Crippen LogP contribution in [-0.4, -0.2) is 36.4 Å². The maximum absolute atomic E-state index is 5.51. The summed E-state index contributed by atoms with van der Waals surface area (Å²) in [6, 6.07) is 0. The van der Waals surface area contributed by atoms with Crippen molar-refractivity contribution in [1.29, 1.82) is 0 Å². The van der Waals surface area contributed by atoms with Crippen LogP contribution in [0.25, 0.3) is 0 Å². The summed E-state index contributed by atoms with van der Waals surface area (Å²) in [4.78, 5) is 4.33. The highest BCUT2D eigenvalue weighted by atomic mass is 16.5. The molecule has 14 heavy (non-hydrogen) atoms. The first-order valence-electron chi connectivity index (χ1n) is 4.90. The first-order chi connectivity index (χ1) is 6.81. The standard InChI is InChI=1S/C9H13N3O2/c1-6-11-8(14-12-6)9-4-10-2-7(9)3-13-5-9/h7,10H,2-5H2,1H3/t7-,9-/m1/s1. The molecule has 5 nitrogen and oxygen atoms in total. The summed E-state index contributed by atoms with van der Waals surface area (Å²) in [5.41, 5.74) is -0.0543. The first-order valence-corrected chi connectivity index (χ1v) is 4.90. The lowest BCUT2D eigenvalue weighted by atomic mass is 9.81. The zero-order valence-corrected chi connectivity index (χ0v) is 8.12. The van der Waals surface area contributed by atoms with Gasteiger partial charge < -0.3 is 14.6 Å². The van der Waals surface area contributed by atoms with Gasteiger partial charge >= 0.3 is 0 Å². The van der Waals surface area contributed by atoms with E-state index in [0.29, 0.717) is 18.3 Å². The van der Waals surface area contributed by atoms with Gasteiger partial charge in [-0.05, 0) is 6.92 Å². The number of hydrogen-bond acceptors (Lipinski definition) is 5. The summed E-state index contributed by atoms with van der Waals surface area (Å²) in [6.07, 6.45) is 0. The van der Waals surface area contributed by atoms with Crippen molar-refractivity contribution in [2.24, 2.45) is 5.92 Å². The van der Waals surface area contributed by atoms with Crippen LogP contribution in [-0.2, 0) is 10.2 Å². The lowest BCUT2D eigenvalue weighted by Crippen LogP contribution is -2.35. The number of rotatable bonds is 1. The van der Waals surface area contributed by atoms with Crippen LogP contribution >= 0.6 is 0 Å². The van der Waals surface area contributed by atoms with Crippen LogP contribution in [0.5, 0.6) is 0 Å². The van der Waals surface area contributed by atoms with Gasteiger partial charge in [0.15, 0.2) is 5.82 Å². The molecule has 3 rings (SSSR count). The van der Waals surface area contributed by atoms with E-state index in [-0.39, 0.29) is 5.41 Å². The Morgan fingerprint density at radius 1 is 1.57 bits per heavy atom. The summed E-state index contributed by atoms with van der Waals surface area (Å²) in [6.45, 7) is 5.22. The fourth-order valence-corrected chi connectivity index (χ4v) is 2.39. The molecule has 2 saturated heterocycles. The van der Waals surface area contributed by atoms with Crippen molar-refractivity contribution in [3.63, 3.8) is 0 Å². The molecule has 0 radical (unpaired) electrons. The van der Waals surface area contributed by atoms with Crippen LogP contribution in [0.2, 0.25) is 0 Å². The van der Waals surface area contributed by atoms with Crippen LogP contribution in [0.3, 0.4) is 0 Å². The summed E-state index contributed by atoms with van der Waals surface area (Å²) in [5.74, 6) is 1.93. The Kier molecular flexibility index (Phi) is 1.66. The van der Waals surface area contributed by atoms with E-state index < -0.39 is 0 Å². The highest BCUT2D eigenvalue weighted by molar-refractivity contribution is 5.16. The number of ether oxygens (including phenoxy) is 1. The molecule has 0 bridgehead atoms. The van der Waals surface area contributed by atoms with Crippen molar-refractivity contribution in [1.82, 2.24) is 15.5 Å². The zero-order valence-electron chi connectivity index (χ0n) is 8.12. The van der Waals surface area contributed by atoms with E-state index in [1.165, 1.54) is 0 Å². The quantitative estimate of drug-likeness (QED) is 0.676. The molecular formula is C9H13N3O2. The highest BCUT2D eigenvalue weighted by Crippen LogP contribution is 2.39. The Balaban J connectivity index is 2.02. The Morgan fingerprint density at radius 2 is 2.50 bits per heavy atom. The van der Waals surface area contributed by atoms with E-state index in [1.54, 1.807) is 0 Å². The van der Waals surface area contributed by atoms with E-state index >= 15 is 0 Å². The van der Waals surface area contributed by atoms with Crippen molar-refractivity contribution in [2.75, 3.05) is 26.3 Å². The number of nitrogens with zero attached hydrogens (tertiary/aromatic N) is 2.